The minimum Gasteiger partial charge on any atom is -0.497 e. The number of aromatic nitrogens is 1. The monoisotopic (exact) mass is 629 g/mol. The van der Waals surface area contributed by atoms with Gasteiger partial charge in [0.05, 0.1) is 32.7 Å². The summed E-state index contributed by atoms with van der Waals surface area (Å²) in [6.45, 7) is 6.67. The Bertz CT molecular complexity index is 1570. The number of amides is 3. The van der Waals surface area contributed by atoms with Crippen molar-refractivity contribution in [2.24, 2.45) is 5.92 Å². The van der Waals surface area contributed by atoms with E-state index in [0.29, 0.717) is 28.4 Å². The maximum Gasteiger partial charge on any atom is 0.323 e. The number of fused-ring (bicyclic) bond motifs is 1. The van der Waals surface area contributed by atoms with Crippen molar-refractivity contribution in [1.29, 1.82) is 0 Å². The molecule has 3 N–H and O–H groups in total. The van der Waals surface area contributed by atoms with Crippen LogP contribution in [0.4, 0.5) is 16.2 Å². The lowest BCUT2D eigenvalue weighted by Gasteiger charge is -2.33. The molecule has 0 bridgehead atoms. The summed E-state index contributed by atoms with van der Waals surface area (Å²) in [4.78, 5) is 27.8. The van der Waals surface area contributed by atoms with Gasteiger partial charge in [0.2, 0.25) is 15.9 Å². The topological polar surface area (TPSA) is 164 Å². The van der Waals surface area contributed by atoms with E-state index in [4.69, 9.17) is 14.0 Å². The third kappa shape index (κ3) is 7.31. The van der Waals surface area contributed by atoms with Gasteiger partial charge in [-0.2, -0.15) is 4.31 Å². The van der Waals surface area contributed by atoms with E-state index in [9.17, 15) is 23.1 Å². The SMILES string of the molecule is COc1ccc(NC(=O)Nc2ccc3c(c2)CC(=O)N([C@H](C)CO)C[C@H](C)[C@@H](CN(C)S(=O)(=O)c2c(C)noc2C)O3)cc1. The van der Waals surface area contributed by atoms with Gasteiger partial charge in [0.15, 0.2) is 5.76 Å². The second kappa shape index (κ2) is 13.7. The summed E-state index contributed by atoms with van der Waals surface area (Å²) in [5.74, 6) is 0.670. The fraction of sp³-hybridized carbons (Fsp3) is 0.433. The molecule has 0 saturated carbocycles. The molecule has 0 radical (unpaired) electrons. The number of likely N-dealkylation sites (N-methyl/N-ethyl adjacent to an activating group) is 1. The second-order valence-electron chi connectivity index (χ2n) is 11.0. The van der Waals surface area contributed by atoms with E-state index in [1.807, 2.05) is 6.92 Å². The molecule has 2 heterocycles. The molecule has 3 aromatic rings. The Morgan fingerprint density at radius 3 is 2.45 bits per heavy atom. The van der Waals surface area contributed by atoms with Crippen LogP contribution in [0.5, 0.6) is 11.5 Å². The van der Waals surface area contributed by atoms with Gasteiger partial charge in [-0.05, 0) is 63.2 Å². The van der Waals surface area contributed by atoms with Crippen molar-refractivity contribution >= 4 is 33.3 Å². The van der Waals surface area contributed by atoms with Crippen LogP contribution in [-0.2, 0) is 21.2 Å². The van der Waals surface area contributed by atoms with Crippen LogP contribution in [0, 0.1) is 19.8 Å². The van der Waals surface area contributed by atoms with E-state index in [0.717, 1.165) is 0 Å². The Balaban J connectivity index is 1.61. The van der Waals surface area contributed by atoms with Crippen LogP contribution in [-0.4, -0.2) is 85.8 Å². The molecule has 0 spiro atoms. The molecule has 0 aliphatic carbocycles. The molecule has 44 heavy (non-hydrogen) atoms. The Kier molecular flexibility index (Phi) is 10.2. The van der Waals surface area contributed by atoms with Crippen molar-refractivity contribution in [1.82, 2.24) is 14.4 Å². The van der Waals surface area contributed by atoms with Gasteiger partial charge in [0.1, 0.15) is 28.2 Å². The van der Waals surface area contributed by atoms with Crippen LogP contribution in [0.3, 0.4) is 0 Å². The number of ether oxygens (including phenoxy) is 2. The molecular weight excluding hydrogens is 590 g/mol. The number of aryl methyl sites for hydroxylation is 2. The third-order valence-electron chi connectivity index (χ3n) is 7.60. The van der Waals surface area contributed by atoms with Crippen LogP contribution >= 0.6 is 0 Å². The molecule has 3 atom stereocenters. The number of nitrogens with one attached hydrogen (secondary N) is 2. The third-order valence-corrected chi connectivity index (χ3v) is 9.66. The first-order valence-electron chi connectivity index (χ1n) is 14.1. The summed E-state index contributed by atoms with van der Waals surface area (Å²) in [6, 6.07) is 10.8. The van der Waals surface area contributed by atoms with Gasteiger partial charge in [-0.25, -0.2) is 13.2 Å². The van der Waals surface area contributed by atoms with E-state index in [-0.39, 0.29) is 54.3 Å². The highest BCUT2D eigenvalue weighted by Gasteiger charge is 2.35. The van der Waals surface area contributed by atoms with E-state index >= 15 is 0 Å². The number of sulfonamides is 1. The summed E-state index contributed by atoms with van der Waals surface area (Å²) in [5, 5.41) is 19.2. The average Bonchev–Trinajstić information content (AvgIpc) is 3.35. The van der Waals surface area contributed by atoms with Crippen molar-refractivity contribution < 1.29 is 37.1 Å². The molecule has 4 rings (SSSR count). The molecular formula is C30H39N5O8S. The standard InChI is InChI=1S/C30H39N5O8S/c1-18-15-35(19(2)17-36)28(37)14-22-13-24(32-30(38)31-23-7-10-25(41-6)11-8-23)9-12-26(22)42-27(18)16-34(5)44(39,40)29-20(3)33-43-21(29)4/h7-13,18-19,27,36H,14-17H2,1-6H3,(H2,31,32,38)/t18-,19+,27+/m0/s1. The molecule has 0 saturated heterocycles. The number of anilines is 2. The lowest BCUT2D eigenvalue weighted by atomic mass is 10.0. The molecule has 1 aromatic heterocycles. The average molecular weight is 630 g/mol. The summed E-state index contributed by atoms with van der Waals surface area (Å²) in [7, 11) is -0.956. The van der Waals surface area contributed by atoms with E-state index in [1.54, 1.807) is 75.2 Å². The zero-order valence-electron chi connectivity index (χ0n) is 25.7. The molecule has 238 valence electrons. The minimum atomic E-state index is -3.97. The van der Waals surface area contributed by atoms with Crippen molar-refractivity contribution in [3.63, 3.8) is 0 Å². The molecule has 0 fully saturated rings. The minimum absolute atomic E-state index is 0.00506. The van der Waals surface area contributed by atoms with Crippen LogP contribution in [0.25, 0.3) is 0 Å². The fourth-order valence-electron chi connectivity index (χ4n) is 5.04. The predicted molar refractivity (Wildman–Crippen MR) is 163 cm³/mol. The van der Waals surface area contributed by atoms with Crippen LogP contribution in [0.1, 0.15) is 30.9 Å². The van der Waals surface area contributed by atoms with Gasteiger partial charge in [-0.15, -0.1) is 0 Å². The quantitative estimate of drug-likeness (QED) is 0.322. The Morgan fingerprint density at radius 2 is 1.84 bits per heavy atom. The van der Waals surface area contributed by atoms with Crippen molar-refractivity contribution in [3.8, 4) is 11.5 Å². The number of hydrogen-bond donors (Lipinski definition) is 3. The second-order valence-corrected chi connectivity index (χ2v) is 12.9. The van der Waals surface area contributed by atoms with Gasteiger partial charge >= 0.3 is 6.03 Å². The highest BCUT2D eigenvalue weighted by Crippen LogP contribution is 2.30. The first kappa shape index (κ1) is 32.8. The summed E-state index contributed by atoms with van der Waals surface area (Å²) < 4.78 is 44.8. The number of benzene rings is 2. The molecule has 3 amide bonds. The molecule has 14 heteroatoms. The molecule has 2 aromatic carbocycles. The van der Waals surface area contributed by atoms with E-state index in [2.05, 4.69) is 15.8 Å². The zero-order valence-corrected chi connectivity index (χ0v) is 26.5. The lowest BCUT2D eigenvalue weighted by molar-refractivity contribution is -0.134. The Hall–Kier alpha value is -4.14. The molecule has 13 nitrogen and oxygen atoms in total. The van der Waals surface area contributed by atoms with Crippen LogP contribution in [0.15, 0.2) is 51.9 Å². The van der Waals surface area contributed by atoms with Gasteiger partial charge in [-0.1, -0.05) is 12.1 Å². The largest absolute Gasteiger partial charge is 0.497 e. The number of carbonyl (C=O) groups excluding carboxylic acids is 2. The van der Waals surface area contributed by atoms with Crippen molar-refractivity contribution in [3.05, 3.63) is 59.5 Å². The maximum atomic E-state index is 13.5. The lowest BCUT2D eigenvalue weighted by Crippen LogP contribution is -2.48. The number of nitrogens with zero attached hydrogens (tertiary/aromatic N) is 3. The van der Waals surface area contributed by atoms with Crippen molar-refractivity contribution in [2.45, 2.75) is 51.2 Å². The molecule has 1 aliphatic heterocycles. The highest BCUT2D eigenvalue weighted by molar-refractivity contribution is 7.89. The number of carbonyl (C=O) groups is 2. The van der Waals surface area contributed by atoms with Gasteiger partial charge < -0.3 is 34.6 Å². The first-order chi connectivity index (χ1) is 20.8. The molecule has 0 unspecified atom stereocenters. The Labute approximate surface area is 257 Å². The number of aliphatic hydroxyl groups excluding tert-OH is 1. The maximum absolute atomic E-state index is 13.5. The van der Waals surface area contributed by atoms with Crippen molar-refractivity contribution in [2.75, 3.05) is 44.5 Å². The van der Waals surface area contributed by atoms with Gasteiger partial charge in [0.25, 0.3) is 0 Å². The number of rotatable bonds is 9. The predicted octanol–water partition coefficient (Wildman–Crippen LogP) is 3.41. The normalized spacial score (nSPS) is 18.0. The smallest absolute Gasteiger partial charge is 0.323 e. The number of urea groups is 1. The summed E-state index contributed by atoms with van der Waals surface area (Å²) in [6.07, 6.45) is -0.729. The highest BCUT2D eigenvalue weighted by atomic mass is 32.2. The zero-order chi connectivity index (χ0) is 32.2. The van der Waals surface area contributed by atoms with Gasteiger partial charge in [-0.3, -0.25) is 4.79 Å². The fourth-order valence-corrected chi connectivity index (χ4v) is 6.51. The number of aliphatic hydroxyl groups is 1. The first-order valence-corrected chi connectivity index (χ1v) is 15.6. The number of hydrogen-bond acceptors (Lipinski definition) is 9. The van der Waals surface area contributed by atoms with Crippen LogP contribution < -0.4 is 20.1 Å². The van der Waals surface area contributed by atoms with Gasteiger partial charge in [0, 0.05) is 36.4 Å². The number of methoxy groups -OCH3 is 1. The van der Waals surface area contributed by atoms with E-state index in [1.165, 1.54) is 11.4 Å². The van der Waals surface area contributed by atoms with Crippen LogP contribution in [0.2, 0.25) is 0 Å². The summed E-state index contributed by atoms with van der Waals surface area (Å²) >= 11 is 0. The molecule has 1 aliphatic rings. The van der Waals surface area contributed by atoms with E-state index < -0.39 is 28.2 Å². The summed E-state index contributed by atoms with van der Waals surface area (Å²) in [5.41, 5.74) is 1.75. The Morgan fingerprint density at radius 1 is 1.18 bits per heavy atom.